The van der Waals surface area contributed by atoms with Crippen LogP contribution in [0.4, 0.5) is 5.00 Å². The summed E-state index contributed by atoms with van der Waals surface area (Å²) in [7, 11) is 0. The Kier molecular flexibility index (Phi) is 6.36. The smallest absolute Gasteiger partial charge is 0.251 e. The number of benzene rings is 1. The number of primary amides is 1. The SMILES string of the molecule is CCOc1ccc(/C=C/C(=O)Nc2sc(C)c(CC)c2C(N)=O)cc1. The van der Waals surface area contributed by atoms with Gasteiger partial charge in [-0.2, -0.15) is 0 Å². The van der Waals surface area contributed by atoms with Gasteiger partial charge in [0, 0.05) is 11.0 Å². The minimum Gasteiger partial charge on any atom is -0.494 e. The van der Waals surface area contributed by atoms with Crippen molar-refractivity contribution in [2.75, 3.05) is 11.9 Å². The number of rotatable bonds is 7. The third-order valence-corrected chi connectivity index (χ3v) is 4.73. The van der Waals surface area contributed by atoms with E-state index in [9.17, 15) is 9.59 Å². The first kappa shape index (κ1) is 18.7. The summed E-state index contributed by atoms with van der Waals surface area (Å²) >= 11 is 1.37. The number of hydrogen-bond acceptors (Lipinski definition) is 4. The normalized spacial score (nSPS) is 10.8. The molecule has 1 aromatic carbocycles. The molecule has 0 saturated heterocycles. The molecule has 1 aromatic heterocycles. The van der Waals surface area contributed by atoms with E-state index in [0.29, 0.717) is 23.6 Å². The molecule has 0 spiro atoms. The van der Waals surface area contributed by atoms with Gasteiger partial charge in [0.25, 0.3) is 5.91 Å². The maximum atomic E-state index is 12.2. The monoisotopic (exact) mass is 358 g/mol. The van der Waals surface area contributed by atoms with Gasteiger partial charge in [0.2, 0.25) is 5.91 Å². The second-order valence-corrected chi connectivity index (χ2v) is 6.61. The highest BCUT2D eigenvalue weighted by molar-refractivity contribution is 7.16. The van der Waals surface area contributed by atoms with Crippen LogP contribution < -0.4 is 15.8 Å². The van der Waals surface area contributed by atoms with Crippen molar-refractivity contribution in [3.63, 3.8) is 0 Å². The molecule has 2 aromatic rings. The van der Waals surface area contributed by atoms with E-state index < -0.39 is 5.91 Å². The third kappa shape index (κ3) is 4.70. The topological polar surface area (TPSA) is 81.4 Å². The standard InChI is InChI=1S/C19H22N2O3S/c1-4-15-12(3)25-19(17(15)18(20)23)21-16(22)11-8-13-6-9-14(10-7-13)24-5-2/h6-11H,4-5H2,1-3H3,(H2,20,23)(H,21,22)/b11-8+. The van der Waals surface area contributed by atoms with E-state index in [1.165, 1.54) is 17.4 Å². The summed E-state index contributed by atoms with van der Waals surface area (Å²) in [6.07, 6.45) is 3.83. The zero-order valence-corrected chi connectivity index (χ0v) is 15.4. The van der Waals surface area contributed by atoms with E-state index >= 15 is 0 Å². The number of carbonyl (C=O) groups excluding carboxylic acids is 2. The Hall–Kier alpha value is -2.60. The Morgan fingerprint density at radius 1 is 1.24 bits per heavy atom. The molecule has 0 aliphatic rings. The fourth-order valence-corrected chi connectivity index (χ4v) is 3.67. The van der Waals surface area contributed by atoms with E-state index in [-0.39, 0.29) is 5.91 Å². The van der Waals surface area contributed by atoms with Crippen LogP contribution >= 0.6 is 11.3 Å². The Morgan fingerprint density at radius 2 is 1.92 bits per heavy atom. The lowest BCUT2D eigenvalue weighted by Gasteiger charge is -2.04. The van der Waals surface area contributed by atoms with Crippen molar-refractivity contribution in [3.8, 4) is 5.75 Å². The first-order chi connectivity index (χ1) is 12.0. The zero-order valence-electron chi connectivity index (χ0n) is 14.6. The van der Waals surface area contributed by atoms with Gasteiger partial charge in [-0.25, -0.2) is 0 Å². The highest BCUT2D eigenvalue weighted by Crippen LogP contribution is 2.33. The molecule has 1 heterocycles. The van der Waals surface area contributed by atoms with Crippen molar-refractivity contribution < 1.29 is 14.3 Å². The van der Waals surface area contributed by atoms with Gasteiger partial charge in [-0.1, -0.05) is 19.1 Å². The highest BCUT2D eigenvalue weighted by Gasteiger charge is 2.19. The largest absolute Gasteiger partial charge is 0.494 e. The van der Waals surface area contributed by atoms with Crippen LogP contribution in [-0.2, 0) is 11.2 Å². The predicted molar refractivity (Wildman–Crippen MR) is 102 cm³/mol. The van der Waals surface area contributed by atoms with Gasteiger partial charge >= 0.3 is 0 Å². The Morgan fingerprint density at radius 3 is 2.48 bits per heavy atom. The number of thiophene rings is 1. The van der Waals surface area contributed by atoms with Crippen molar-refractivity contribution in [1.29, 1.82) is 0 Å². The van der Waals surface area contributed by atoms with Crippen molar-refractivity contribution in [2.24, 2.45) is 5.73 Å². The van der Waals surface area contributed by atoms with E-state index in [1.54, 1.807) is 6.08 Å². The van der Waals surface area contributed by atoms with E-state index in [4.69, 9.17) is 10.5 Å². The second kappa shape index (κ2) is 8.48. The average molecular weight is 358 g/mol. The van der Waals surface area contributed by atoms with Gasteiger partial charge in [0.1, 0.15) is 10.8 Å². The maximum Gasteiger partial charge on any atom is 0.251 e. The summed E-state index contributed by atoms with van der Waals surface area (Å²) in [5.41, 5.74) is 7.65. The molecular formula is C19H22N2O3S. The molecule has 2 amide bonds. The molecule has 2 rings (SSSR count). The molecule has 0 fully saturated rings. The molecule has 6 heteroatoms. The zero-order chi connectivity index (χ0) is 18.4. The number of carbonyl (C=O) groups is 2. The second-order valence-electron chi connectivity index (χ2n) is 5.38. The summed E-state index contributed by atoms with van der Waals surface area (Å²) < 4.78 is 5.38. The van der Waals surface area contributed by atoms with Crippen LogP contribution in [-0.4, -0.2) is 18.4 Å². The molecule has 0 radical (unpaired) electrons. The number of ether oxygens (including phenoxy) is 1. The maximum absolute atomic E-state index is 12.2. The lowest BCUT2D eigenvalue weighted by atomic mass is 10.1. The molecule has 0 bridgehead atoms. The molecule has 3 N–H and O–H groups in total. The van der Waals surface area contributed by atoms with Gasteiger partial charge in [-0.3, -0.25) is 9.59 Å². The van der Waals surface area contributed by atoms with Crippen molar-refractivity contribution in [2.45, 2.75) is 27.2 Å². The summed E-state index contributed by atoms with van der Waals surface area (Å²) in [5.74, 6) is -0.0383. The molecule has 0 aliphatic carbocycles. The minimum atomic E-state index is -0.521. The van der Waals surface area contributed by atoms with E-state index in [2.05, 4.69) is 5.32 Å². The Bertz CT molecular complexity index is 792. The Balaban J connectivity index is 2.11. The number of hydrogen-bond donors (Lipinski definition) is 2. The van der Waals surface area contributed by atoms with Crippen LogP contribution in [0.5, 0.6) is 5.75 Å². The van der Waals surface area contributed by atoms with E-state index in [0.717, 1.165) is 21.8 Å². The van der Waals surface area contributed by atoms with Gasteiger partial charge < -0.3 is 15.8 Å². The fraction of sp³-hybridized carbons (Fsp3) is 0.263. The summed E-state index contributed by atoms with van der Waals surface area (Å²) in [4.78, 5) is 24.9. The van der Waals surface area contributed by atoms with Crippen LogP contribution in [0.15, 0.2) is 30.3 Å². The molecule has 0 aliphatic heterocycles. The molecule has 25 heavy (non-hydrogen) atoms. The molecule has 0 saturated carbocycles. The molecule has 132 valence electrons. The van der Waals surface area contributed by atoms with Crippen LogP contribution in [0, 0.1) is 6.92 Å². The number of anilines is 1. The highest BCUT2D eigenvalue weighted by atomic mass is 32.1. The van der Waals surface area contributed by atoms with Crippen LogP contribution in [0.3, 0.4) is 0 Å². The number of nitrogens with one attached hydrogen (secondary N) is 1. The third-order valence-electron chi connectivity index (χ3n) is 3.66. The first-order valence-corrected chi connectivity index (χ1v) is 8.91. The average Bonchev–Trinajstić information content (AvgIpc) is 2.89. The van der Waals surface area contributed by atoms with E-state index in [1.807, 2.05) is 45.0 Å². The van der Waals surface area contributed by atoms with Crippen LogP contribution in [0.25, 0.3) is 6.08 Å². The van der Waals surface area contributed by atoms with Crippen LogP contribution in [0.2, 0.25) is 0 Å². The van der Waals surface area contributed by atoms with Gasteiger partial charge in [-0.15, -0.1) is 11.3 Å². The summed E-state index contributed by atoms with van der Waals surface area (Å²) in [6, 6.07) is 7.44. The number of nitrogens with two attached hydrogens (primary N) is 1. The Labute approximate surface area is 151 Å². The minimum absolute atomic E-state index is 0.305. The molecule has 0 atom stereocenters. The van der Waals surface area contributed by atoms with Gasteiger partial charge in [0.05, 0.1) is 12.2 Å². The quantitative estimate of drug-likeness (QED) is 0.739. The molecule has 5 nitrogen and oxygen atoms in total. The van der Waals surface area contributed by atoms with Gasteiger partial charge in [0.15, 0.2) is 0 Å². The summed E-state index contributed by atoms with van der Waals surface area (Å²) in [5, 5.41) is 3.26. The van der Waals surface area contributed by atoms with Crippen molar-refractivity contribution in [1.82, 2.24) is 0 Å². The first-order valence-electron chi connectivity index (χ1n) is 8.10. The molecule has 0 unspecified atom stereocenters. The van der Waals surface area contributed by atoms with Crippen molar-refractivity contribution in [3.05, 3.63) is 51.9 Å². The van der Waals surface area contributed by atoms with Crippen molar-refractivity contribution >= 4 is 34.2 Å². The fourth-order valence-electron chi connectivity index (χ4n) is 2.52. The van der Waals surface area contributed by atoms with Crippen LogP contribution in [0.1, 0.15) is 40.2 Å². The number of aryl methyl sites for hydroxylation is 1. The summed E-state index contributed by atoms with van der Waals surface area (Å²) in [6.45, 7) is 6.41. The predicted octanol–water partition coefficient (Wildman–Crippen LogP) is 3.77. The lowest BCUT2D eigenvalue weighted by Crippen LogP contribution is -2.16. The molecular weight excluding hydrogens is 336 g/mol. The van der Waals surface area contributed by atoms with Gasteiger partial charge in [-0.05, 0) is 49.6 Å². The number of amides is 2. The lowest BCUT2D eigenvalue weighted by molar-refractivity contribution is -0.111.